The SMILES string of the molecule is C1=CC2NC(c3cccc(-c4ccc5cc(-c6ccc7oc8cc9c(cc8c7c6)oc6ccccc69)ccc5c4)c3)=CN2C=C1. The van der Waals surface area contributed by atoms with E-state index in [1.807, 2.05) is 18.2 Å². The molecule has 4 nitrogen and oxygen atoms in total. The van der Waals surface area contributed by atoms with Crippen LogP contribution in [0.4, 0.5) is 0 Å². The van der Waals surface area contributed by atoms with Gasteiger partial charge in [-0.3, -0.25) is 0 Å². The minimum atomic E-state index is 0.184. The van der Waals surface area contributed by atoms with E-state index in [4.69, 9.17) is 8.83 Å². The van der Waals surface area contributed by atoms with Gasteiger partial charge in [0.2, 0.25) is 0 Å². The summed E-state index contributed by atoms with van der Waals surface area (Å²) in [5.74, 6) is 0. The maximum absolute atomic E-state index is 6.30. The third-order valence-corrected chi connectivity index (χ3v) is 9.21. The summed E-state index contributed by atoms with van der Waals surface area (Å²) in [5.41, 5.74) is 10.6. The monoisotopic (exact) mass is 578 g/mol. The molecule has 0 amide bonds. The summed E-state index contributed by atoms with van der Waals surface area (Å²) in [6.07, 6.45) is 10.8. The van der Waals surface area contributed by atoms with E-state index < -0.39 is 0 Å². The third-order valence-electron chi connectivity index (χ3n) is 9.21. The standard InChI is InChI=1S/C41H26N2O2/c1-2-9-37-32(8-1)34-22-40-35(23-39(34)44-37)33-21-30(15-16-38(33)45-40)29-14-13-27-18-26(11-12-28(27)19-29)25-6-5-7-31(20-25)36-24-43-17-4-3-10-41(43)42-36/h1-24,41-42H. The second-order valence-electron chi connectivity index (χ2n) is 11.9. The second-order valence-corrected chi connectivity index (χ2v) is 11.9. The van der Waals surface area contributed by atoms with E-state index in [0.717, 1.165) is 55.1 Å². The van der Waals surface area contributed by atoms with Gasteiger partial charge in [0.25, 0.3) is 0 Å². The van der Waals surface area contributed by atoms with E-state index in [-0.39, 0.29) is 6.17 Å². The van der Waals surface area contributed by atoms with Crippen LogP contribution in [0.1, 0.15) is 5.56 Å². The molecule has 1 N–H and O–H groups in total. The normalized spacial score (nSPS) is 15.9. The van der Waals surface area contributed by atoms with Gasteiger partial charge in [-0.1, -0.05) is 72.8 Å². The van der Waals surface area contributed by atoms with Crippen molar-refractivity contribution >= 4 is 60.3 Å². The fraction of sp³-hybridized carbons (Fsp3) is 0.0244. The molecule has 2 aliphatic rings. The zero-order valence-electron chi connectivity index (χ0n) is 24.2. The largest absolute Gasteiger partial charge is 0.456 e. The van der Waals surface area contributed by atoms with E-state index in [2.05, 4.69) is 138 Å². The molecule has 1 unspecified atom stereocenters. The Bertz CT molecular complexity index is 2600. The maximum atomic E-state index is 6.30. The lowest BCUT2D eigenvalue weighted by molar-refractivity contribution is 0.427. The maximum Gasteiger partial charge on any atom is 0.136 e. The summed E-state index contributed by atoms with van der Waals surface area (Å²) in [5, 5.41) is 10.4. The molecule has 1 atom stereocenters. The number of fused-ring (bicyclic) bond motifs is 8. The summed E-state index contributed by atoms with van der Waals surface area (Å²) >= 11 is 0. The van der Waals surface area contributed by atoms with Crippen LogP contribution in [0, 0.1) is 0 Å². The molecule has 0 saturated heterocycles. The van der Waals surface area contributed by atoms with E-state index in [9.17, 15) is 0 Å². The topological polar surface area (TPSA) is 41.6 Å². The average Bonchev–Trinajstić information content (AvgIpc) is 3.79. The predicted molar refractivity (Wildman–Crippen MR) is 184 cm³/mol. The Kier molecular flexibility index (Phi) is 5.02. The molecule has 0 radical (unpaired) electrons. The first-order valence-electron chi connectivity index (χ1n) is 15.3. The quantitative estimate of drug-likeness (QED) is 0.226. The highest BCUT2D eigenvalue weighted by atomic mass is 16.3. The summed E-state index contributed by atoms with van der Waals surface area (Å²) < 4.78 is 12.5. The molecule has 4 heterocycles. The number of allylic oxidation sites excluding steroid dienone is 2. The Morgan fingerprint density at radius 1 is 0.489 bits per heavy atom. The summed E-state index contributed by atoms with van der Waals surface area (Å²) in [6.45, 7) is 0. The van der Waals surface area contributed by atoms with E-state index in [0.29, 0.717) is 0 Å². The number of hydrogen-bond donors (Lipinski definition) is 1. The van der Waals surface area contributed by atoms with Gasteiger partial charge in [-0.05, 0) is 99.3 Å². The van der Waals surface area contributed by atoms with Gasteiger partial charge in [0.1, 0.15) is 28.5 Å². The van der Waals surface area contributed by atoms with Crippen molar-refractivity contribution in [2.75, 3.05) is 0 Å². The van der Waals surface area contributed by atoms with E-state index in [1.54, 1.807) is 0 Å². The first-order chi connectivity index (χ1) is 22.2. The molecule has 6 aromatic carbocycles. The molecule has 45 heavy (non-hydrogen) atoms. The molecular weight excluding hydrogens is 552 g/mol. The predicted octanol–water partition coefficient (Wildman–Crippen LogP) is 10.6. The van der Waals surface area contributed by atoms with E-state index in [1.165, 1.54) is 33.0 Å². The number of para-hydroxylation sites is 1. The number of rotatable bonds is 3. The van der Waals surface area contributed by atoms with Crippen LogP contribution in [0.25, 0.3) is 82.6 Å². The van der Waals surface area contributed by atoms with Crippen LogP contribution in [0.15, 0.2) is 155 Å². The molecule has 4 heteroatoms. The molecule has 10 rings (SSSR count). The van der Waals surface area contributed by atoms with Gasteiger partial charge in [0.05, 0.1) is 5.70 Å². The Labute approximate surface area is 258 Å². The summed E-state index contributed by atoms with van der Waals surface area (Å²) in [7, 11) is 0. The van der Waals surface area contributed by atoms with Gasteiger partial charge in [0, 0.05) is 33.9 Å². The Hall–Kier alpha value is -6.00. The molecule has 8 aromatic rings. The lowest BCUT2D eigenvalue weighted by Crippen LogP contribution is -2.31. The lowest BCUT2D eigenvalue weighted by Gasteiger charge is -2.20. The summed E-state index contributed by atoms with van der Waals surface area (Å²) in [6, 6.07) is 41.1. The van der Waals surface area contributed by atoms with Crippen molar-refractivity contribution in [3.05, 3.63) is 151 Å². The molecule has 212 valence electrons. The van der Waals surface area contributed by atoms with Crippen molar-refractivity contribution in [3.63, 3.8) is 0 Å². The zero-order valence-corrected chi connectivity index (χ0v) is 24.2. The number of furan rings is 2. The Morgan fingerprint density at radius 3 is 1.93 bits per heavy atom. The van der Waals surface area contributed by atoms with Crippen LogP contribution in [0.3, 0.4) is 0 Å². The van der Waals surface area contributed by atoms with Gasteiger partial charge in [-0.2, -0.15) is 0 Å². The van der Waals surface area contributed by atoms with Crippen molar-refractivity contribution in [3.8, 4) is 22.3 Å². The van der Waals surface area contributed by atoms with Crippen LogP contribution in [-0.4, -0.2) is 11.1 Å². The highest BCUT2D eigenvalue weighted by Crippen LogP contribution is 2.38. The van der Waals surface area contributed by atoms with Gasteiger partial charge in [-0.25, -0.2) is 0 Å². The van der Waals surface area contributed by atoms with Crippen molar-refractivity contribution in [2.24, 2.45) is 0 Å². The van der Waals surface area contributed by atoms with E-state index >= 15 is 0 Å². The van der Waals surface area contributed by atoms with Crippen molar-refractivity contribution in [1.82, 2.24) is 10.2 Å². The van der Waals surface area contributed by atoms with Gasteiger partial charge >= 0.3 is 0 Å². The van der Waals surface area contributed by atoms with Gasteiger partial charge in [0.15, 0.2) is 0 Å². The van der Waals surface area contributed by atoms with Crippen LogP contribution >= 0.6 is 0 Å². The zero-order chi connectivity index (χ0) is 29.5. The Balaban J connectivity index is 0.998. The number of nitrogens with one attached hydrogen (secondary N) is 1. The van der Waals surface area contributed by atoms with Crippen molar-refractivity contribution in [1.29, 1.82) is 0 Å². The number of hydrogen-bond acceptors (Lipinski definition) is 4. The van der Waals surface area contributed by atoms with Gasteiger partial charge < -0.3 is 19.1 Å². The van der Waals surface area contributed by atoms with Crippen LogP contribution in [0.2, 0.25) is 0 Å². The fourth-order valence-electron chi connectivity index (χ4n) is 6.91. The average molecular weight is 579 g/mol. The Morgan fingerprint density at radius 2 is 1.13 bits per heavy atom. The first-order valence-corrected chi connectivity index (χ1v) is 15.3. The molecular formula is C41H26N2O2. The van der Waals surface area contributed by atoms with Crippen LogP contribution in [-0.2, 0) is 0 Å². The number of benzene rings is 6. The molecule has 2 aliphatic heterocycles. The smallest absolute Gasteiger partial charge is 0.136 e. The molecule has 2 aromatic heterocycles. The minimum Gasteiger partial charge on any atom is -0.456 e. The molecule has 0 aliphatic carbocycles. The molecule has 0 bridgehead atoms. The molecule has 0 saturated carbocycles. The van der Waals surface area contributed by atoms with Crippen molar-refractivity contribution in [2.45, 2.75) is 6.17 Å². The van der Waals surface area contributed by atoms with Crippen molar-refractivity contribution < 1.29 is 8.83 Å². The minimum absolute atomic E-state index is 0.184. The fourth-order valence-corrected chi connectivity index (χ4v) is 6.91. The second kappa shape index (κ2) is 9.25. The highest BCUT2D eigenvalue weighted by Gasteiger charge is 2.22. The third kappa shape index (κ3) is 3.86. The highest BCUT2D eigenvalue weighted by molar-refractivity contribution is 6.15. The molecule has 0 spiro atoms. The lowest BCUT2D eigenvalue weighted by atomic mass is 9.96. The summed E-state index contributed by atoms with van der Waals surface area (Å²) in [4.78, 5) is 2.20. The van der Waals surface area contributed by atoms with Gasteiger partial charge in [-0.15, -0.1) is 0 Å². The van der Waals surface area contributed by atoms with Crippen LogP contribution < -0.4 is 5.32 Å². The number of nitrogens with zero attached hydrogens (tertiary/aromatic N) is 1. The first kappa shape index (κ1) is 24.4. The van der Waals surface area contributed by atoms with Crippen LogP contribution in [0.5, 0.6) is 0 Å². The molecule has 0 fully saturated rings.